The first-order valence-electron chi connectivity index (χ1n) is 5.85. The molecular weight excluding hydrogens is 232 g/mol. The molecule has 0 aliphatic rings. The van der Waals surface area contributed by atoms with Crippen molar-refractivity contribution in [1.82, 2.24) is 5.32 Å². The molecule has 0 saturated heterocycles. The molecule has 0 aliphatic heterocycles. The predicted molar refractivity (Wildman–Crippen MR) is 70.1 cm³/mol. The molecule has 0 aromatic heterocycles. The van der Waals surface area contributed by atoms with Gasteiger partial charge in [-0.2, -0.15) is 0 Å². The number of nitrogens with two attached hydrogens (primary N) is 1. The first-order valence-corrected chi connectivity index (χ1v) is 5.85. The van der Waals surface area contributed by atoms with Gasteiger partial charge >= 0.3 is 0 Å². The second-order valence-corrected chi connectivity index (χ2v) is 4.00. The van der Waals surface area contributed by atoms with E-state index in [4.69, 9.17) is 15.2 Å². The van der Waals surface area contributed by atoms with Crippen molar-refractivity contribution in [2.45, 2.75) is 13.0 Å². The summed E-state index contributed by atoms with van der Waals surface area (Å²) in [5.74, 6) is -0.143. The van der Waals surface area contributed by atoms with E-state index in [-0.39, 0.29) is 18.6 Å². The van der Waals surface area contributed by atoms with Crippen molar-refractivity contribution in [2.24, 2.45) is 0 Å². The highest BCUT2D eigenvalue weighted by Crippen LogP contribution is 2.13. The van der Waals surface area contributed by atoms with Gasteiger partial charge in [0.05, 0.1) is 19.3 Å². The summed E-state index contributed by atoms with van der Waals surface area (Å²) < 4.78 is 9.95. The Morgan fingerprint density at radius 1 is 1.33 bits per heavy atom. The summed E-state index contributed by atoms with van der Waals surface area (Å²) in [5, 5.41) is 2.85. The summed E-state index contributed by atoms with van der Waals surface area (Å²) >= 11 is 0. The highest BCUT2D eigenvalue weighted by molar-refractivity contribution is 5.77. The average Bonchev–Trinajstić information content (AvgIpc) is 2.35. The van der Waals surface area contributed by atoms with Gasteiger partial charge in [0.15, 0.2) is 0 Å². The Morgan fingerprint density at radius 3 is 2.61 bits per heavy atom. The third-order valence-corrected chi connectivity index (χ3v) is 2.48. The molecule has 3 N–H and O–H groups in total. The highest BCUT2D eigenvalue weighted by Gasteiger charge is 2.09. The van der Waals surface area contributed by atoms with E-state index in [2.05, 4.69) is 5.32 Å². The molecule has 5 heteroatoms. The summed E-state index contributed by atoms with van der Waals surface area (Å²) in [6.45, 7) is 2.86. The number of ether oxygens (including phenoxy) is 2. The van der Waals surface area contributed by atoms with Gasteiger partial charge in [-0.1, -0.05) is 12.1 Å². The smallest absolute Gasteiger partial charge is 0.246 e. The zero-order chi connectivity index (χ0) is 13.4. The van der Waals surface area contributed by atoms with E-state index in [1.165, 1.54) is 0 Å². The maximum atomic E-state index is 11.6. The van der Waals surface area contributed by atoms with E-state index in [9.17, 15) is 4.79 Å². The number of anilines is 1. The molecule has 0 radical (unpaired) electrons. The average molecular weight is 252 g/mol. The van der Waals surface area contributed by atoms with Gasteiger partial charge in [0, 0.05) is 12.8 Å². The number of rotatable bonds is 7. The van der Waals surface area contributed by atoms with E-state index in [1.54, 1.807) is 7.11 Å². The highest BCUT2D eigenvalue weighted by atomic mass is 16.5. The second-order valence-electron chi connectivity index (χ2n) is 4.00. The quantitative estimate of drug-likeness (QED) is 0.563. The van der Waals surface area contributed by atoms with Crippen LogP contribution in [0.1, 0.15) is 18.5 Å². The molecule has 0 aliphatic carbocycles. The number of nitrogen functional groups attached to an aromatic ring is 1. The van der Waals surface area contributed by atoms with Crippen molar-refractivity contribution in [2.75, 3.05) is 32.7 Å². The molecule has 18 heavy (non-hydrogen) atoms. The molecule has 0 heterocycles. The van der Waals surface area contributed by atoms with E-state index in [0.29, 0.717) is 18.9 Å². The predicted octanol–water partition coefficient (Wildman–Crippen LogP) is 1.11. The third kappa shape index (κ3) is 5.16. The summed E-state index contributed by atoms with van der Waals surface area (Å²) in [5.41, 5.74) is 7.32. The summed E-state index contributed by atoms with van der Waals surface area (Å²) in [4.78, 5) is 11.6. The van der Waals surface area contributed by atoms with Gasteiger partial charge in [0.1, 0.15) is 6.61 Å². The minimum Gasteiger partial charge on any atom is -0.399 e. The van der Waals surface area contributed by atoms with Crippen LogP contribution in [-0.4, -0.2) is 32.8 Å². The van der Waals surface area contributed by atoms with Gasteiger partial charge in [-0.25, -0.2) is 0 Å². The van der Waals surface area contributed by atoms with Crippen molar-refractivity contribution in [3.63, 3.8) is 0 Å². The summed E-state index contributed by atoms with van der Waals surface area (Å²) in [6, 6.07) is 7.35. The number of carbonyl (C=O) groups is 1. The molecule has 1 atom stereocenters. The maximum Gasteiger partial charge on any atom is 0.246 e. The molecule has 0 saturated carbocycles. The van der Waals surface area contributed by atoms with Crippen LogP contribution in [0.15, 0.2) is 24.3 Å². The van der Waals surface area contributed by atoms with Crippen LogP contribution >= 0.6 is 0 Å². The van der Waals surface area contributed by atoms with Gasteiger partial charge in [-0.05, 0) is 24.6 Å². The third-order valence-electron chi connectivity index (χ3n) is 2.48. The fourth-order valence-corrected chi connectivity index (χ4v) is 1.46. The van der Waals surface area contributed by atoms with Gasteiger partial charge in [-0.3, -0.25) is 4.79 Å². The van der Waals surface area contributed by atoms with Crippen molar-refractivity contribution >= 4 is 11.6 Å². The van der Waals surface area contributed by atoms with Gasteiger partial charge in [0.25, 0.3) is 0 Å². The number of nitrogens with one attached hydrogen (secondary N) is 1. The molecule has 0 spiro atoms. The zero-order valence-electron chi connectivity index (χ0n) is 10.8. The Kier molecular flexibility index (Phi) is 6.18. The number of hydrogen-bond donors (Lipinski definition) is 2. The van der Waals surface area contributed by atoms with Crippen LogP contribution < -0.4 is 11.1 Å². The number of methoxy groups -OCH3 is 1. The van der Waals surface area contributed by atoms with Crippen LogP contribution in [-0.2, 0) is 14.3 Å². The van der Waals surface area contributed by atoms with Crippen LogP contribution in [0, 0.1) is 0 Å². The molecular formula is C13H20N2O3. The second kappa shape index (κ2) is 7.68. The Bertz CT molecular complexity index is 365. The summed E-state index contributed by atoms with van der Waals surface area (Å²) in [6.07, 6.45) is 0. The van der Waals surface area contributed by atoms with Crippen molar-refractivity contribution in [3.05, 3.63) is 29.8 Å². The van der Waals surface area contributed by atoms with E-state index in [0.717, 1.165) is 5.56 Å². The summed E-state index contributed by atoms with van der Waals surface area (Å²) in [7, 11) is 1.59. The van der Waals surface area contributed by atoms with Crippen LogP contribution in [0.4, 0.5) is 5.69 Å². The number of hydrogen-bond acceptors (Lipinski definition) is 4. The minimum absolute atomic E-state index is 0.0443. The van der Waals surface area contributed by atoms with Crippen LogP contribution in [0.5, 0.6) is 0 Å². The van der Waals surface area contributed by atoms with Crippen LogP contribution in [0.25, 0.3) is 0 Å². The molecule has 100 valence electrons. The topological polar surface area (TPSA) is 73.6 Å². The standard InChI is InChI=1S/C13H20N2O3/c1-10(11-3-5-12(14)6-4-11)15-13(16)9-18-8-7-17-2/h3-6,10H,7-9,14H2,1-2H3,(H,15,16). The van der Waals surface area contributed by atoms with Crippen molar-refractivity contribution in [3.8, 4) is 0 Å². The lowest BCUT2D eigenvalue weighted by atomic mass is 10.1. The maximum absolute atomic E-state index is 11.6. The first-order chi connectivity index (χ1) is 8.63. The Balaban J connectivity index is 2.33. The Labute approximate surface area is 107 Å². The van der Waals surface area contributed by atoms with E-state index < -0.39 is 0 Å². The molecule has 1 amide bonds. The Hall–Kier alpha value is -1.59. The van der Waals surface area contributed by atoms with E-state index in [1.807, 2.05) is 31.2 Å². The lowest BCUT2D eigenvalue weighted by Gasteiger charge is -2.14. The fourth-order valence-electron chi connectivity index (χ4n) is 1.46. The molecule has 0 fully saturated rings. The molecule has 1 aromatic carbocycles. The van der Waals surface area contributed by atoms with Gasteiger partial charge < -0.3 is 20.5 Å². The van der Waals surface area contributed by atoms with Gasteiger partial charge in [0.2, 0.25) is 5.91 Å². The number of benzene rings is 1. The van der Waals surface area contributed by atoms with E-state index >= 15 is 0 Å². The fraction of sp³-hybridized carbons (Fsp3) is 0.462. The molecule has 5 nitrogen and oxygen atoms in total. The molecule has 1 aromatic rings. The Morgan fingerprint density at radius 2 is 2.00 bits per heavy atom. The normalized spacial score (nSPS) is 12.1. The number of carbonyl (C=O) groups excluding carboxylic acids is 1. The number of amides is 1. The first kappa shape index (κ1) is 14.5. The van der Waals surface area contributed by atoms with Crippen LogP contribution in [0.3, 0.4) is 0 Å². The molecule has 1 rings (SSSR count). The molecule has 1 unspecified atom stereocenters. The zero-order valence-corrected chi connectivity index (χ0v) is 10.8. The SMILES string of the molecule is COCCOCC(=O)NC(C)c1ccc(N)cc1. The monoisotopic (exact) mass is 252 g/mol. The largest absolute Gasteiger partial charge is 0.399 e. The van der Waals surface area contributed by atoms with Gasteiger partial charge in [-0.15, -0.1) is 0 Å². The minimum atomic E-state index is -0.143. The van der Waals surface area contributed by atoms with Crippen LogP contribution in [0.2, 0.25) is 0 Å². The van der Waals surface area contributed by atoms with Crippen molar-refractivity contribution in [1.29, 1.82) is 0 Å². The lowest BCUT2D eigenvalue weighted by Crippen LogP contribution is -2.30. The lowest BCUT2D eigenvalue weighted by molar-refractivity contribution is -0.126. The van der Waals surface area contributed by atoms with Crippen molar-refractivity contribution < 1.29 is 14.3 Å². The molecule has 0 bridgehead atoms.